The largest absolute Gasteiger partial charge is 0.384 e. The fourth-order valence-electron chi connectivity index (χ4n) is 3.12. The Hall–Kier alpha value is -3.07. The van der Waals surface area contributed by atoms with Gasteiger partial charge >= 0.3 is 0 Å². The fraction of sp³-hybridized carbons (Fsp3) is 0.143. The summed E-state index contributed by atoms with van der Waals surface area (Å²) in [5, 5.41) is 15.7. The standard InChI is InChI=1S/C21H19N3O/c22-24-23-20(18-12-6-2-7-13-18)21(25,19-14-8-3-9-15-19)16-17-10-4-1-5-11-17/h1-15,20,25H,16H2/t20-,21+/m1/s1. The first-order chi connectivity index (χ1) is 12.2. The van der Waals surface area contributed by atoms with E-state index in [0.29, 0.717) is 6.42 Å². The third-order valence-corrected chi connectivity index (χ3v) is 4.32. The second kappa shape index (κ2) is 7.67. The molecular formula is C21H19N3O. The third kappa shape index (κ3) is 3.72. The summed E-state index contributed by atoms with van der Waals surface area (Å²) in [6.07, 6.45) is 0.344. The van der Waals surface area contributed by atoms with Crippen molar-refractivity contribution in [2.45, 2.75) is 18.1 Å². The number of hydrogen-bond donors (Lipinski definition) is 1. The molecule has 0 saturated heterocycles. The van der Waals surface area contributed by atoms with Crippen LogP contribution in [0.3, 0.4) is 0 Å². The molecule has 25 heavy (non-hydrogen) atoms. The first kappa shape index (κ1) is 16.8. The average Bonchev–Trinajstić information content (AvgIpc) is 2.68. The molecule has 0 spiro atoms. The number of hydrogen-bond acceptors (Lipinski definition) is 2. The summed E-state index contributed by atoms with van der Waals surface area (Å²) in [4.78, 5) is 3.01. The minimum absolute atomic E-state index is 0.344. The lowest BCUT2D eigenvalue weighted by Gasteiger charge is -2.35. The molecule has 0 aliphatic rings. The lowest BCUT2D eigenvalue weighted by Crippen LogP contribution is -2.35. The Morgan fingerprint density at radius 2 is 1.36 bits per heavy atom. The molecule has 4 nitrogen and oxygen atoms in total. The van der Waals surface area contributed by atoms with Gasteiger partial charge in [-0.25, -0.2) is 0 Å². The molecule has 0 heterocycles. The van der Waals surface area contributed by atoms with E-state index < -0.39 is 11.6 Å². The molecule has 0 unspecified atom stereocenters. The monoisotopic (exact) mass is 329 g/mol. The number of aliphatic hydroxyl groups is 1. The molecule has 124 valence electrons. The first-order valence-electron chi connectivity index (χ1n) is 8.15. The smallest absolute Gasteiger partial charge is 0.106 e. The first-order valence-corrected chi connectivity index (χ1v) is 8.15. The number of benzene rings is 3. The van der Waals surface area contributed by atoms with Crippen LogP contribution in [0.2, 0.25) is 0 Å². The topological polar surface area (TPSA) is 69.0 Å². The molecule has 0 fully saturated rings. The summed E-state index contributed by atoms with van der Waals surface area (Å²) < 4.78 is 0. The Balaban J connectivity index is 2.13. The minimum Gasteiger partial charge on any atom is -0.384 e. The Morgan fingerprint density at radius 3 is 1.92 bits per heavy atom. The molecular weight excluding hydrogens is 310 g/mol. The molecule has 3 aromatic carbocycles. The highest BCUT2D eigenvalue weighted by Gasteiger charge is 2.39. The van der Waals surface area contributed by atoms with E-state index >= 15 is 0 Å². The van der Waals surface area contributed by atoms with Gasteiger partial charge in [-0.05, 0) is 22.2 Å². The van der Waals surface area contributed by atoms with E-state index in [2.05, 4.69) is 10.0 Å². The molecule has 0 radical (unpaired) electrons. The van der Waals surface area contributed by atoms with E-state index in [9.17, 15) is 5.11 Å². The molecule has 3 aromatic rings. The Bertz CT molecular complexity index is 846. The lowest BCUT2D eigenvalue weighted by atomic mass is 9.78. The van der Waals surface area contributed by atoms with Crippen molar-refractivity contribution in [3.05, 3.63) is 118 Å². The van der Waals surface area contributed by atoms with Gasteiger partial charge < -0.3 is 5.11 Å². The Labute approximate surface area is 147 Å². The van der Waals surface area contributed by atoms with Crippen LogP contribution in [0, 0.1) is 0 Å². The van der Waals surface area contributed by atoms with Gasteiger partial charge in [-0.2, -0.15) is 0 Å². The van der Waals surface area contributed by atoms with Gasteiger partial charge in [0.05, 0.1) is 6.04 Å². The predicted octanol–water partition coefficient (Wildman–Crippen LogP) is 5.17. The molecule has 0 aliphatic carbocycles. The molecule has 2 atom stereocenters. The zero-order valence-corrected chi connectivity index (χ0v) is 13.7. The second-order valence-corrected chi connectivity index (χ2v) is 5.97. The van der Waals surface area contributed by atoms with Crippen LogP contribution in [-0.2, 0) is 12.0 Å². The molecule has 4 heteroatoms. The summed E-state index contributed by atoms with van der Waals surface area (Å²) in [6, 6.07) is 27.8. The van der Waals surface area contributed by atoms with E-state index in [0.717, 1.165) is 16.7 Å². The molecule has 0 aliphatic heterocycles. The van der Waals surface area contributed by atoms with Gasteiger partial charge in [0.25, 0.3) is 0 Å². The molecule has 0 aromatic heterocycles. The molecule has 1 N–H and O–H groups in total. The summed E-state index contributed by atoms with van der Waals surface area (Å²) in [5.41, 5.74) is 10.2. The van der Waals surface area contributed by atoms with Crippen molar-refractivity contribution in [2.75, 3.05) is 0 Å². The number of azide groups is 1. The molecule has 0 bridgehead atoms. The number of nitrogens with zero attached hydrogens (tertiary/aromatic N) is 3. The van der Waals surface area contributed by atoms with Gasteiger partial charge in [-0.1, -0.05) is 96.1 Å². The predicted molar refractivity (Wildman–Crippen MR) is 98.8 cm³/mol. The van der Waals surface area contributed by atoms with Crippen LogP contribution in [0.4, 0.5) is 0 Å². The van der Waals surface area contributed by atoms with Crippen LogP contribution in [0.1, 0.15) is 22.7 Å². The van der Waals surface area contributed by atoms with Gasteiger partial charge in [0.2, 0.25) is 0 Å². The highest BCUT2D eigenvalue weighted by atomic mass is 16.3. The van der Waals surface area contributed by atoms with E-state index in [1.807, 2.05) is 91.0 Å². The summed E-state index contributed by atoms with van der Waals surface area (Å²) in [6.45, 7) is 0. The summed E-state index contributed by atoms with van der Waals surface area (Å²) >= 11 is 0. The maximum atomic E-state index is 11.7. The van der Waals surface area contributed by atoms with E-state index in [-0.39, 0.29) is 0 Å². The molecule has 3 rings (SSSR count). The normalized spacial score (nSPS) is 14.1. The Kier molecular flexibility index (Phi) is 5.14. The highest BCUT2D eigenvalue weighted by Crippen LogP contribution is 2.40. The van der Waals surface area contributed by atoms with Crippen LogP contribution in [0.25, 0.3) is 10.4 Å². The van der Waals surface area contributed by atoms with Gasteiger partial charge in [-0.15, -0.1) is 0 Å². The van der Waals surface area contributed by atoms with E-state index in [1.165, 1.54) is 0 Å². The molecule has 0 amide bonds. The van der Waals surface area contributed by atoms with Crippen molar-refractivity contribution in [3.63, 3.8) is 0 Å². The fourth-order valence-corrected chi connectivity index (χ4v) is 3.12. The van der Waals surface area contributed by atoms with E-state index in [4.69, 9.17) is 5.53 Å². The van der Waals surface area contributed by atoms with Gasteiger partial charge in [0.1, 0.15) is 5.60 Å². The summed E-state index contributed by atoms with van der Waals surface area (Å²) in [7, 11) is 0. The van der Waals surface area contributed by atoms with Crippen molar-refractivity contribution >= 4 is 0 Å². The lowest BCUT2D eigenvalue weighted by molar-refractivity contribution is 0.00891. The van der Waals surface area contributed by atoms with Gasteiger partial charge in [0, 0.05) is 11.3 Å². The zero-order valence-electron chi connectivity index (χ0n) is 13.7. The maximum Gasteiger partial charge on any atom is 0.106 e. The van der Waals surface area contributed by atoms with Crippen LogP contribution >= 0.6 is 0 Å². The van der Waals surface area contributed by atoms with Crippen molar-refractivity contribution in [2.24, 2.45) is 5.11 Å². The van der Waals surface area contributed by atoms with Crippen molar-refractivity contribution in [1.82, 2.24) is 0 Å². The van der Waals surface area contributed by atoms with Crippen molar-refractivity contribution < 1.29 is 5.11 Å². The SMILES string of the molecule is [N-]=[N+]=N[C@H](c1ccccc1)[C@](O)(Cc1ccccc1)c1ccccc1. The zero-order chi connectivity index (χ0) is 17.5. The summed E-state index contributed by atoms with van der Waals surface area (Å²) in [5.74, 6) is 0. The highest BCUT2D eigenvalue weighted by molar-refractivity contribution is 5.33. The number of rotatable bonds is 6. The quantitative estimate of drug-likeness (QED) is 0.378. The Morgan fingerprint density at radius 1 is 0.840 bits per heavy atom. The van der Waals surface area contributed by atoms with Crippen molar-refractivity contribution in [1.29, 1.82) is 0 Å². The van der Waals surface area contributed by atoms with Crippen LogP contribution in [-0.4, -0.2) is 5.11 Å². The average molecular weight is 329 g/mol. The maximum absolute atomic E-state index is 11.7. The van der Waals surface area contributed by atoms with E-state index in [1.54, 1.807) is 0 Å². The van der Waals surface area contributed by atoms with Crippen molar-refractivity contribution in [3.8, 4) is 0 Å². The van der Waals surface area contributed by atoms with Crippen LogP contribution in [0.15, 0.2) is 96.1 Å². The van der Waals surface area contributed by atoms with Gasteiger partial charge in [0.15, 0.2) is 0 Å². The van der Waals surface area contributed by atoms with Crippen LogP contribution < -0.4 is 0 Å². The van der Waals surface area contributed by atoms with Gasteiger partial charge in [-0.3, -0.25) is 0 Å². The third-order valence-electron chi connectivity index (χ3n) is 4.32. The minimum atomic E-state index is -1.35. The second-order valence-electron chi connectivity index (χ2n) is 5.97. The molecule has 0 saturated carbocycles. The van der Waals surface area contributed by atoms with Crippen LogP contribution in [0.5, 0.6) is 0 Å².